The number of rotatable bonds is 9. The highest BCUT2D eigenvalue weighted by Crippen LogP contribution is 2.16. The summed E-state index contributed by atoms with van der Waals surface area (Å²) in [4.78, 5) is 21.9. The van der Waals surface area contributed by atoms with Crippen LogP contribution in [0.15, 0.2) is 0 Å². The Hall–Kier alpha value is -1.10. The fourth-order valence-electron chi connectivity index (χ4n) is 1.74. The molecule has 4 N–H and O–H groups in total. The van der Waals surface area contributed by atoms with Gasteiger partial charge in [0.25, 0.3) is 0 Å². The van der Waals surface area contributed by atoms with Gasteiger partial charge in [0.15, 0.2) is 0 Å². The second-order valence-electron chi connectivity index (χ2n) is 4.51. The zero-order valence-electron chi connectivity index (χ0n) is 10.7. The third-order valence-electron chi connectivity index (χ3n) is 2.87. The predicted octanol–water partition coefficient (Wildman–Crippen LogP) is 0.979. The monoisotopic (exact) mass is 244 g/mol. The Morgan fingerprint density at radius 1 is 1.29 bits per heavy atom. The molecule has 0 fully saturated rings. The van der Waals surface area contributed by atoms with Gasteiger partial charge < -0.3 is 16.2 Å². The van der Waals surface area contributed by atoms with Crippen molar-refractivity contribution in [2.24, 2.45) is 17.6 Å². The first-order chi connectivity index (χ1) is 8.01. The van der Waals surface area contributed by atoms with Crippen LogP contribution in [0, 0.1) is 11.8 Å². The van der Waals surface area contributed by atoms with Crippen LogP contribution in [0.25, 0.3) is 0 Å². The number of hydrogen-bond acceptors (Lipinski definition) is 3. The first-order valence-electron chi connectivity index (χ1n) is 6.20. The van der Waals surface area contributed by atoms with Crippen molar-refractivity contribution in [3.8, 4) is 0 Å². The topological polar surface area (TPSA) is 92.4 Å². The number of carboxylic acids is 1. The number of aliphatic carboxylic acids is 1. The largest absolute Gasteiger partial charge is 0.481 e. The molecule has 0 aliphatic heterocycles. The first-order valence-corrected chi connectivity index (χ1v) is 6.20. The maximum Gasteiger partial charge on any atom is 0.308 e. The molecule has 0 radical (unpaired) electrons. The van der Waals surface area contributed by atoms with E-state index >= 15 is 0 Å². The van der Waals surface area contributed by atoms with Gasteiger partial charge in [0, 0.05) is 6.54 Å². The Balaban J connectivity index is 3.98. The molecule has 0 aromatic carbocycles. The van der Waals surface area contributed by atoms with Crippen molar-refractivity contribution in [2.75, 3.05) is 13.1 Å². The van der Waals surface area contributed by atoms with Crippen LogP contribution in [0.4, 0.5) is 0 Å². The normalized spacial score (nSPS) is 14.1. The molecule has 5 nitrogen and oxygen atoms in total. The molecular weight excluding hydrogens is 220 g/mol. The molecule has 0 aliphatic carbocycles. The Morgan fingerprint density at radius 2 is 1.94 bits per heavy atom. The minimum Gasteiger partial charge on any atom is -0.481 e. The number of nitrogens with two attached hydrogens (primary N) is 1. The quantitative estimate of drug-likeness (QED) is 0.563. The Bertz CT molecular complexity index is 244. The number of carboxylic acid groups (broad SMARTS) is 1. The Morgan fingerprint density at radius 3 is 2.41 bits per heavy atom. The van der Waals surface area contributed by atoms with Gasteiger partial charge >= 0.3 is 5.97 Å². The lowest BCUT2D eigenvalue weighted by Crippen LogP contribution is -2.36. The van der Waals surface area contributed by atoms with Gasteiger partial charge in [-0.3, -0.25) is 9.59 Å². The molecule has 100 valence electrons. The van der Waals surface area contributed by atoms with Gasteiger partial charge in [-0.15, -0.1) is 0 Å². The van der Waals surface area contributed by atoms with Gasteiger partial charge in [0.05, 0.1) is 12.5 Å². The lowest BCUT2D eigenvalue weighted by molar-refractivity contribution is -0.142. The highest BCUT2D eigenvalue weighted by atomic mass is 16.4. The van der Waals surface area contributed by atoms with Crippen molar-refractivity contribution in [1.29, 1.82) is 0 Å². The molecule has 0 aromatic heterocycles. The molecule has 0 aromatic rings. The van der Waals surface area contributed by atoms with Crippen LogP contribution in [-0.4, -0.2) is 30.1 Å². The number of carbonyl (C=O) groups excluding carboxylic acids is 1. The van der Waals surface area contributed by atoms with Gasteiger partial charge in [-0.25, -0.2) is 0 Å². The molecule has 17 heavy (non-hydrogen) atoms. The van der Waals surface area contributed by atoms with Crippen LogP contribution in [0.5, 0.6) is 0 Å². The highest BCUT2D eigenvalue weighted by Gasteiger charge is 2.18. The average Bonchev–Trinajstić information content (AvgIpc) is 2.28. The van der Waals surface area contributed by atoms with E-state index in [1.807, 2.05) is 0 Å². The summed E-state index contributed by atoms with van der Waals surface area (Å²) >= 11 is 0. The van der Waals surface area contributed by atoms with Gasteiger partial charge in [-0.1, -0.05) is 26.7 Å². The van der Waals surface area contributed by atoms with Crippen molar-refractivity contribution >= 4 is 11.9 Å². The smallest absolute Gasteiger partial charge is 0.308 e. The molecule has 0 aliphatic rings. The van der Waals surface area contributed by atoms with Gasteiger partial charge in [-0.2, -0.15) is 0 Å². The summed E-state index contributed by atoms with van der Waals surface area (Å²) in [5.41, 5.74) is 5.14. The Labute approximate surface area is 103 Å². The number of hydrogen-bond donors (Lipinski definition) is 3. The maximum atomic E-state index is 11.0. The molecule has 2 atom stereocenters. The van der Waals surface area contributed by atoms with E-state index in [-0.39, 0.29) is 19.0 Å². The predicted molar refractivity (Wildman–Crippen MR) is 66.5 cm³/mol. The van der Waals surface area contributed by atoms with E-state index in [9.17, 15) is 9.59 Å². The van der Waals surface area contributed by atoms with E-state index in [4.69, 9.17) is 10.8 Å². The molecule has 2 unspecified atom stereocenters. The maximum absolute atomic E-state index is 11.0. The molecular formula is C12H24N2O3. The molecule has 0 spiro atoms. The lowest BCUT2D eigenvalue weighted by atomic mass is 9.94. The van der Waals surface area contributed by atoms with Crippen molar-refractivity contribution in [2.45, 2.75) is 39.5 Å². The summed E-state index contributed by atoms with van der Waals surface area (Å²) in [6.45, 7) is 4.32. The van der Waals surface area contributed by atoms with Gasteiger partial charge in [0.2, 0.25) is 5.91 Å². The minimum atomic E-state index is -0.856. The van der Waals surface area contributed by atoms with Crippen molar-refractivity contribution < 1.29 is 14.7 Å². The second-order valence-corrected chi connectivity index (χ2v) is 4.51. The fraction of sp³-hybridized carbons (Fsp3) is 0.833. The van der Waals surface area contributed by atoms with Crippen molar-refractivity contribution in [1.82, 2.24) is 5.32 Å². The summed E-state index contributed by atoms with van der Waals surface area (Å²) in [5, 5.41) is 11.5. The molecule has 0 saturated carbocycles. The third-order valence-corrected chi connectivity index (χ3v) is 2.87. The summed E-state index contributed by atoms with van der Waals surface area (Å²) in [7, 11) is 0. The van der Waals surface area contributed by atoms with E-state index in [2.05, 4.69) is 19.2 Å². The van der Waals surface area contributed by atoms with E-state index in [1.54, 1.807) is 0 Å². The average molecular weight is 244 g/mol. The van der Waals surface area contributed by atoms with Crippen LogP contribution in [0.1, 0.15) is 39.5 Å². The van der Waals surface area contributed by atoms with E-state index < -0.39 is 11.9 Å². The number of carbonyl (C=O) groups is 2. The molecule has 1 amide bonds. The van der Waals surface area contributed by atoms with Crippen LogP contribution < -0.4 is 11.1 Å². The molecule has 0 saturated heterocycles. The number of amides is 1. The zero-order valence-corrected chi connectivity index (χ0v) is 10.7. The first kappa shape index (κ1) is 15.9. The second kappa shape index (κ2) is 8.98. The number of nitrogens with one attached hydrogen (secondary N) is 1. The molecule has 0 heterocycles. The summed E-state index contributed by atoms with van der Waals surface area (Å²) in [6.07, 6.45) is 3.70. The van der Waals surface area contributed by atoms with E-state index in [1.165, 1.54) is 0 Å². The van der Waals surface area contributed by atoms with Crippen LogP contribution >= 0.6 is 0 Å². The third kappa shape index (κ3) is 7.74. The summed E-state index contributed by atoms with van der Waals surface area (Å²) in [6, 6.07) is 0. The molecule has 0 bridgehead atoms. The molecule has 0 rings (SSSR count). The fourth-order valence-corrected chi connectivity index (χ4v) is 1.74. The standard InChI is InChI=1S/C12H24N2O3/c1-3-4-9(2)5-6-10(12(16)17)8-14-11(15)7-13/h9-10H,3-8,13H2,1-2H3,(H,14,15)(H,16,17). The minimum absolute atomic E-state index is 0.0986. The van der Waals surface area contributed by atoms with Crippen LogP contribution in [0.3, 0.4) is 0 Å². The van der Waals surface area contributed by atoms with E-state index in [0.717, 1.165) is 19.3 Å². The summed E-state index contributed by atoms with van der Waals surface area (Å²) < 4.78 is 0. The van der Waals surface area contributed by atoms with Crippen molar-refractivity contribution in [3.05, 3.63) is 0 Å². The summed E-state index contributed by atoms with van der Waals surface area (Å²) in [5.74, 6) is -1.14. The Kier molecular flexibility index (Phi) is 8.40. The molecule has 5 heteroatoms. The zero-order chi connectivity index (χ0) is 13.3. The SMILES string of the molecule is CCCC(C)CCC(CNC(=O)CN)C(=O)O. The van der Waals surface area contributed by atoms with Crippen LogP contribution in [-0.2, 0) is 9.59 Å². The highest BCUT2D eigenvalue weighted by molar-refractivity contribution is 5.78. The van der Waals surface area contributed by atoms with Gasteiger partial charge in [-0.05, 0) is 18.8 Å². The lowest BCUT2D eigenvalue weighted by Gasteiger charge is -2.15. The van der Waals surface area contributed by atoms with Crippen molar-refractivity contribution in [3.63, 3.8) is 0 Å². The van der Waals surface area contributed by atoms with Crippen LogP contribution in [0.2, 0.25) is 0 Å². The van der Waals surface area contributed by atoms with E-state index in [0.29, 0.717) is 12.3 Å². The van der Waals surface area contributed by atoms with Gasteiger partial charge in [0.1, 0.15) is 0 Å².